The fraction of sp³-hybridized carbons (Fsp3) is 0. The monoisotopic (exact) mass is 362 g/mol. The van der Waals surface area contributed by atoms with Crippen LogP contribution in [0.15, 0.2) is 77.8 Å². The number of non-ortho nitro benzene ring substituents is 1. The van der Waals surface area contributed by atoms with Crippen LogP contribution in [0.1, 0.15) is 5.56 Å². The van der Waals surface area contributed by atoms with Crippen molar-refractivity contribution in [2.24, 2.45) is 4.99 Å². The van der Waals surface area contributed by atoms with Crippen LogP contribution in [-0.4, -0.2) is 16.1 Å². The Morgan fingerprint density at radius 1 is 0.815 bits per heavy atom. The minimum atomic E-state index is -0.674. The molecule has 3 rings (SSSR count). The molecule has 0 unspecified atom stereocenters. The predicted molar refractivity (Wildman–Crippen MR) is 103 cm³/mol. The quantitative estimate of drug-likeness (QED) is 0.377. The van der Waals surface area contributed by atoms with Crippen molar-refractivity contribution in [2.45, 2.75) is 0 Å². The molecule has 0 radical (unpaired) electrons. The largest absolute Gasteiger partial charge is 0.356 e. The number of rotatable bonds is 6. The minimum Gasteiger partial charge on any atom is -0.356 e. The van der Waals surface area contributed by atoms with Gasteiger partial charge in [-0.05, 0) is 42.5 Å². The van der Waals surface area contributed by atoms with E-state index in [4.69, 9.17) is 0 Å². The van der Waals surface area contributed by atoms with E-state index in [2.05, 4.69) is 10.3 Å². The molecule has 0 heterocycles. The molecule has 0 spiro atoms. The maximum Gasteiger partial charge on any atom is 0.285 e. The standard InChI is InChI=1S/C19H14N4O4/c24-22(25)18-11-6-14(19(12-18)23(26)27)13-20-15-7-9-17(10-8-15)21-16-4-2-1-3-5-16/h1-13,21H. The normalized spacial score (nSPS) is 10.7. The van der Waals surface area contributed by atoms with Crippen LogP contribution in [0.2, 0.25) is 0 Å². The van der Waals surface area contributed by atoms with Gasteiger partial charge in [0.25, 0.3) is 11.4 Å². The molecular formula is C19H14N4O4. The van der Waals surface area contributed by atoms with Crippen molar-refractivity contribution in [2.75, 3.05) is 5.32 Å². The molecular weight excluding hydrogens is 348 g/mol. The van der Waals surface area contributed by atoms with E-state index >= 15 is 0 Å². The molecule has 0 fully saturated rings. The van der Waals surface area contributed by atoms with E-state index in [0.717, 1.165) is 17.4 Å². The molecule has 0 aliphatic carbocycles. The van der Waals surface area contributed by atoms with Gasteiger partial charge in [0.2, 0.25) is 0 Å². The third-order valence-corrected chi connectivity index (χ3v) is 3.70. The summed E-state index contributed by atoms with van der Waals surface area (Å²) in [5.41, 5.74) is 1.92. The van der Waals surface area contributed by atoms with Crippen LogP contribution in [0.25, 0.3) is 0 Å². The maximum absolute atomic E-state index is 11.1. The zero-order chi connectivity index (χ0) is 19.2. The zero-order valence-electron chi connectivity index (χ0n) is 14.0. The molecule has 0 aliphatic heterocycles. The number of hydrogen-bond donors (Lipinski definition) is 1. The van der Waals surface area contributed by atoms with Gasteiger partial charge < -0.3 is 5.32 Å². The Hall–Kier alpha value is -4.07. The summed E-state index contributed by atoms with van der Waals surface area (Å²) in [5.74, 6) is 0. The highest BCUT2D eigenvalue weighted by Crippen LogP contribution is 2.25. The molecule has 0 aliphatic rings. The Bertz CT molecular complexity index is 1000. The SMILES string of the molecule is O=[N+]([O-])c1ccc(C=Nc2ccc(Nc3ccccc3)cc2)c([N+](=O)[O-])c1. The Kier molecular flexibility index (Phi) is 5.17. The van der Waals surface area contributed by atoms with Crippen LogP contribution in [0, 0.1) is 20.2 Å². The lowest BCUT2D eigenvalue weighted by Crippen LogP contribution is -1.97. The number of para-hydroxylation sites is 1. The van der Waals surface area contributed by atoms with E-state index in [0.29, 0.717) is 5.69 Å². The van der Waals surface area contributed by atoms with Gasteiger partial charge in [0.05, 0.1) is 27.2 Å². The van der Waals surface area contributed by atoms with E-state index in [-0.39, 0.29) is 16.9 Å². The van der Waals surface area contributed by atoms with E-state index in [1.807, 2.05) is 42.5 Å². The topological polar surface area (TPSA) is 111 Å². The maximum atomic E-state index is 11.1. The van der Waals surface area contributed by atoms with Gasteiger partial charge >= 0.3 is 0 Å². The first-order chi connectivity index (χ1) is 13.0. The molecule has 0 atom stereocenters. The molecule has 1 N–H and O–H groups in total. The van der Waals surface area contributed by atoms with Gasteiger partial charge in [-0.3, -0.25) is 25.2 Å². The summed E-state index contributed by atoms with van der Waals surface area (Å²) >= 11 is 0. The second-order valence-corrected chi connectivity index (χ2v) is 5.55. The van der Waals surface area contributed by atoms with Crippen molar-refractivity contribution in [1.29, 1.82) is 0 Å². The second kappa shape index (κ2) is 7.87. The highest BCUT2D eigenvalue weighted by molar-refractivity contribution is 5.87. The van der Waals surface area contributed by atoms with Gasteiger partial charge in [-0.1, -0.05) is 18.2 Å². The molecule has 134 valence electrons. The van der Waals surface area contributed by atoms with E-state index in [9.17, 15) is 20.2 Å². The van der Waals surface area contributed by atoms with Gasteiger partial charge in [-0.25, -0.2) is 0 Å². The van der Waals surface area contributed by atoms with Crippen molar-refractivity contribution in [3.8, 4) is 0 Å². The first-order valence-electron chi connectivity index (χ1n) is 7.92. The molecule has 8 heteroatoms. The Labute approximate surface area is 154 Å². The van der Waals surface area contributed by atoms with Crippen LogP contribution in [0.4, 0.5) is 28.4 Å². The molecule has 0 aromatic heterocycles. The van der Waals surface area contributed by atoms with Gasteiger partial charge in [0.15, 0.2) is 0 Å². The fourth-order valence-electron chi connectivity index (χ4n) is 2.38. The number of aliphatic imine (C=N–C) groups is 1. The lowest BCUT2D eigenvalue weighted by molar-refractivity contribution is -0.394. The number of nitrogens with one attached hydrogen (secondary N) is 1. The van der Waals surface area contributed by atoms with Gasteiger partial charge in [-0.2, -0.15) is 0 Å². The highest BCUT2D eigenvalue weighted by atomic mass is 16.6. The van der Waals surface area contributed by atoms with E-state index in [1.165, 1.54) is 18.3 Å². The van der Waals surface area contributed by atoms with Crippen LogP contribution < -0.4 is 5.32 Å². The van der Waals surface area contributed by atoms with Crippen molar-refractivity contribution in [3.05, 3.63) is 98.6 Å². The highest BCUT2D eigenvalue weighted by Gasteiger charge is 2.18. The lowest BCUT2D eigenvalue weighted by Gasteiger charge is -2.06. The molecule has 0 amide bonds. The van der Waals surface area contributed by atoms with E-state index < -0.39 is 9.85 Å². The number of nitrogens with zero attached hydrogens (tertiary/aromatic N) is 3. The first kappa shape index (κ1) is 17.7. The number of benzene rings is 3. The Morgan fingerprint density at radius 3 is 2.11 bits per heavy atom. The third kappa shape index (κ3) is 4.51. The zero-order valence-corrected chi connectivity index (χ0v) is 14.0. The molecule has 0 saturated heterocycles. The van der Waals surface area contributed by atoms with Crippen LogP contribution >= 0.6 is 0 Å². The average Bonchev–Trinajstić information content (AvgIpc) is 2.68. The summed E-state index contributed by atoms with van der Waals surface area (Å²) in [6.07, 6.45) is 1.32. The summed E-state index contributed by atoms with van der Waals surface area (Å²) in [5, 5.41) is 25.2. The minimum absolute atomic E-state index is 0.192. The summed E-state index contributed by atoms with van der Waals surface area (Å²) in [6.45, 7) is 0. The van der Waals surface area contributed by atoms with Crippen LogP contribution in [-0.2, 0) is 0 Å². The number of hydrogen-bond acceptors (Lipinski definition) is 6. The van der Waals surface area contributed by atoms with Crippen molar-refractivity contribution in [1.82, 2.24) is 0 Å². The van der Waals surface area contributed by atoms with Crippen molar-refractivity contribution in [3.63, 3.8) is 0 Å². The molecule has 8 nitrogen and oxygen atoms in total. The summed E-state index contributed by atoms with van der Waals surface area (Å²) < 4.78 is 0. The number of anilines is 2. The van der Waals surface area contributed by atoms with Crippen LogP contribution in [0.5, 0.6) is 0 Å². The van der Waals surface area contributed by atoms with Gasteiger partial charge in [0.1, 0.15) is 0 Å². The van der Waals surface area contributed by atoms with Gasteiger partial charge in [-0.15, -0.1) is 0 Å². The van der Waals surface area contributed by atoms with Crippen LogP contribution in [0.3, 0.4) is 0 Å². The van der Waals surface area contributed by atoms with E-state index in [1.54, 1.807) is 12.1 Å². The summed E-state index contributed by atoms with van der Waals surface area (Å²) in [4.78, 5) is 24.8. The summed E-state index contributed by atoms with van der Waals surface area (Å²) in [7, 11) is 0. The smallest absolute Gasteiger partial charge is 0.285 e. The first-order valence-corrected chi connectivity index (χ1v) is 7.92. The van der Waals surface area contributed by atoms with Crippen molar-refractivity contribution < 1.29 is 9.85 Å². The molecule has 0 bridgehead atoms. The van der Waals surface area contributed by atoms with Crippen molar-refractivity contribution >= 4 is 34.7 Å². The molecule has 3 aromatic rings. The molecule has 3 aromatic carbocycles. The Balaban J connectivity index is 1.78. The molecule has 0 saturated carbocycles. The predicted octanol–water partition coefficient (Wildman–Crippen LogP) is 5.00. The molecule has 27 heavy (non-hydrogen) atoms. The second-order valence-electron chi connectivity index (χ2n) is 5.55. The third-order valence-electron chi connectivity index (χ3n) is 3.70. The average molecular weight is 362 g/mol. The number of nitro benzene ring substituents is 2. The summed E-state index contributed by atoms with van der Waals surface area (Å²) in [6, 6.07) is 20.3. The number of nitro groups is 2. The van der Waals surface area contributed by atoms with Gasteiger partial charge in [0, 0.05) is 23.7 Å². The lowest BCUT2D eigenvalue weighted by atomic mass is 10.1. The fourth-order valence-corrected chi connectivity index (χ4v) is 2.38. The Morgan fingerprint density at radius 2 is 1.48 bits per heavy atom.